The molecule has 1 atom stereocenters. The average Bonchev–Trinajstić information content (AvgIpc) is 2.74. The van der Waals surface area contributed by atoms with E-state index in [-0.39, 0.29) is 0 Å². The van der Waals surface area contributed by atoms with E-state index in [1.165, 1.54) is 57.3 Å². The predicted octanol–water partition coefficient (Wildman–Crippen LogP) is 3.99. The SMILES string of the molecule is CCCNCc1cc(N2CCCC(CCC)CC2)ccn1. The molecule has 21 heavy (non-hydrogen) atoms. The van der Waals surface area contributed by atoms with E-state index in [9.17, 15) is 0 Å². The minimum absolute atomic E-state index is 0.883. The van der Waals surface area contributed by atoms with E-state index in [0.717, 1.165) is 24.7 Å². The maximum absolute atomic E-state index is 4.48. The molecule has 2 heterocycles. The Morgan fingerprint density at radius 2 is 2.14 bits per heavy atom. The lowest BCUT2D eigenvalue weighted by Gasteiger charge is -2.23. The summed E-state index contributed by atoms with van der Waals surface area (Å²) >= 11 is 0. The Morgan fingerprint density at radius 3 is 2.95 bits per heavy atom. The van der Waals surface area contributed by atoms with Crippen LogP contribution in [0.25, 0.3) is 0 Å². The second-order valence-corrected chi connectivity index (χ2v) is 6.25. The quantitative estimate of drug-likeness (QED) is 0.769. The Hall–Kier alpha value is -1.09. The molecule has 1 N–H and O–H groups in total. The Bertz CT molecular complexity index is 405. The highest BCUT2D eigenvalue weighted by molar-refractivity contribution is 5.46. The molecule has 1 aliphatic heterocycles. The number of nitrogens with zero attached hydrogens (tertiary/aromatic N) is 2. The molecule has 0 spiro atoms. The van der Waals surface area contributed by atoms with Gasteiger partial charge in [0.25, 0.3) is 0 Å². The lowest BCUT2D eigenvalue weighted by molar-refractivity contribution is 0.435. The fraction of sp³-hybridized carbons (Fsp3) is 0.722. The van der Waals surface area contributed by atoms with Crippen molar-refractivity contribution in [3.63, 3.8) is 0 Å². The van der Waals surface area contributed by atoms with Gasteiger partial charge >= 0.3 is 0 Å². The molecule has 2 rings (SSSR count). The zero-order valence-corrected chi connectivity index (χ0v) is 13.8. The summed E-state index contributed by atoms with van der Waals surface area (Å²) in [5.74, 6) is 0.938. The Morgan fingerprint density at radius 1 is 1.24 bits per heavy atom. The van der Waals surface area contributed by atoms with Gasteiger partial charge in [0.05, 0.1) is 5.69 Å². The highest BCUT2D eigenvalue weighted by Crippen LogP contribution is 2.25. The van der Waals surface area contributed by atoms with Crippen molar-refractivity contribution in [1.82, 2.24) is 10.3 Å². The van der Waals surface area contributed by atoms with E-state index in [1.54, 1.807) is 0 Å². The van der Waals surface area contributed by atoms with E-state index in [4.69, 9.17) is 0 Å². The molecule has 1 aromatic rings. The predicted molar refractivity (Wildman–Crippen MR) is 90.7 cm³/mol. The van der Waals surface area contributed by atoms with Crippen molar-refractivity contribution in [3.8, 4) is 0 Å². The summed E-state index contributed by atoms with van der Waals surface area (Å²) in [6, 6.07) is 4.44. The van der Waals surface area contributed by atoms with Gasteiger partial charge in [-0.1, -0.05) is 26.7 Å². The van der Waals surface area contributed by atoms with Crippen LogP contribution in [0, 0.1) is 5.92 Å². The number of anilines is 1. The van der Waals surface area contributed by atoms with Crippen LogP contribution in [-0.4, -0.2) is 24.6 Å². The van der Waals surface area contributed by atoms with Gasteiger partial charge in [0, 0.05) is 31.5 Å². The summed E-state index contributed by atoms with van der Waals surface area (Å²) in [7, 11) is 0. The second kappa shape index (κ2) is 9.04. The molecule has 3 heteroatoms. The molecule has 0 saturated carbocycles. The molecule has 118 valence electrons. The van der Waals surface area contributed by atoms with Crippen molar-refractivity contribution >= 4 is 5.69 Å². The number of hydrogen-bond acceptors (Lipinski definition) is 3. The van der Waals surface area contributed by atoms with Crippen LogP contribution in [0.4, 0.5) is 5.69 Å². The van der Waals surface area contributed by atoms with Crippen LogP contribution in [-0.2, 0) is 6.54 Å². The van der Waals surface area contributed by atoms with Crippen molar-refractivity contribution in [3.05, 3.63) is 24.0 Å². The molecule has 1 aliphatic rings. The van der Waals surface area contributed by atoms with E-state index in [0.29, 0.717) is 0 Å². The van der Waals surface area contributed by atoms with Gasteiger partial charge in [-0.2, -0.15) is 0 Å². The number of rotatable bonds is 7. The summed E-state index contributed by atoms with van der Waals surface area (Å²) in [5, 5.41) is 3.44. The van der Waals surface area contributed by atoms with Gasteiger partial charge in [-0.25, -0.2) is 0 Å². The molecule has 1 unspecified atom stereocenters. The summed E-state index contributed by atoms with van der Waals surface area (Å²) in [5.41, 5.74) is 2.52. The fourth-order valence-corrected chi connectivity index (χ4v) is 3.27. The molecule has 3 nitrogen and oxygen atoms in total. The normalized spacial score (nSPS) is 19.5. The van der Waals surface area contributed by atoms with E-state index in [2.05, 4.69) is 41.2 Å². The molecule has 0 aliphatic carbocycles. The van der Waals surface area contributed by atoms with Gasteiger partial charge in [-0.3, -0.25) is 4.98 Å². The Kier molecular flexibility index (Phi) is 7.01. The van der Waals surface area contributed by atoms with Crippen molar-refractivity contribution in [2.24, 2.45) is 5.92 Å². The largest absolute Gasteiger partial charge is 0.371 e. The van der Waals surface area contributed by atoms with Gasteiger partial charge < -0.3 is 10.2 Å². The van der Waals surface area contributed by atoms with Gasteiger partial charge in [-0.05, 0) is 50.3 Å². The first-order valence-electron chi connectivity index (χ1n) is 8.74. The highest BCUT2D eigenvalue weighted by atomic mass is 15.1. The van der Waals surface area contributed by atoms with Crippen molar-refractivity contribution < 1.29 is 0 Å². The van der Waals surface area contributed by atoms with Gasteiger partial charge in [0.1, 0.15) is 0 Å². The lowest BCUT2D eigenvalue weighted by Crippen LogP contribution is -2.24. The van der Waals surface area contributed by atoms with Crippen LogP contribution in [0.3, 0.4) is 0 Å². The first kappa shape index (κ1) is 16.3. The molecule has 1 saturated heterocycles. The van der Waals surface area contributed by atoms with E-state index >= 15 is 0 Å². The molecule has 0 amide bonds. The number of hydrogen-bond donors (Lipinski definition) is 1. The topological polar surface area (TPSA) is 28.2 Å². The minimum atomic E-state index is 0.883. The molecule has 0 aromatic carbocycles. The smallest absolute Gasteiger partial charge is 0.0562 e. The molecular weight excluding hydrogens is 258 g/mol. The number of aromatic nitrogens is 1. The standard InChI is InChI=1S/C18H31N3/c1-3-6-16-7-5-12-21(13-9-16)18-8-11-20-17(14-18)15-19-10-4-2/h8,11,14,16,19H,3-7,9-10,12-13,15H2,1-2H3. The molecule has 1 fully saturated rings. The van der Waals surface area contributed by atoms with Crippen molar-refractivity contribution in [1.29, 1.82) is 0 Å². The summed E-state index contributed by atoms with van der Waals surface area (Å²) < 4.78 is 0. The number of nitrogens with one attached hydrogen (secondary N) is 1. The van der Waals surface area contributed by atoms with Crippen LogP contribution in [0.15, 0.2) is 18.3 Å². The molecule has 0 bridgehead atoms. The first-order valence-corrected chi connectivity index (χ1v) is 8.74. The van der Waals surface area contributed by atoms with Crippen molar-refractivity contribution in [2.75, 3.05) is 24.5 Å². The van der Waals surface area contributed by atoms with Crippen LogP contribution >= 0.6 is 0 Å². The maximum Gasteiger partial charge on any atom is 0.0562 e. The van der Waals surface area contributed by atoms with Gasteiger partial charge in [0.15, 0.2) is 0 Å². The molecule has 1 aromatic heterocycles. The third-order valence-electron chi connectivity index (χ3n) is 4.44. The lowest BCUT2D eigenvalue weighted by atomic mass is 9.96. The molecule has 0 radical (unpaired) electrons. The van der Waals surface area contributed by atoms with Crippen LogP contribution < -0.4 is 10.2 Å². The third kappa shape index (κ3) is 5.31. The second-order valence-electron chi connectivity index (χ2n) is 6.25. The van der Waals surface area contributed by atoms with Gasteiger partial charge in [0.2, 0.25) is 0 Å². The Balaban J connectivity index is 1.92. The minimum Gasteiger partial charge on any atom is -0.371 e. The summed E-state index contributed by atoms with van der Waals surface area (Å²) in [6.07, 6.45) is 9.94. The molecular formula is C18H31N3. The average molecular weight is 289 g/mol. The van der Waals surface area contributed by atoms with E-state index in [1.807, 2.05) is 6.20 Å². The monoisotopic (exact) mass is 289 g/mol. The number of pyridine rings is 1. The first-order chi connectivity index (χ1) is 10.3. The highest BCUT2D eigenvalue weighted by Gasteiger charge is 2.16. The zero-order valence-electron chi connectivity index (χ0n) is 13.8. The summed E-state index contributed by atoms with van der Waals surface area (Å²) in [6.45, 7) is 8.85. The van der Waals surface area contributed by atoms with Crippen LogP contribution in [0.1, 0.15) is 58.1 Å². The third-order valence-corrected chi connectivity index (χ3v) is 4.44. The van der Waals surface area contributed by atoms with E-state index < -0.39 is 0 Å². The van der Waals surface area contributed by atoms with Crippen LogP contribution in [0.2, 0.25) is 0 Å². The van der Waals surface area contributed by atoms with Crippen LogP contribution in [0.5, 0.6) is 0 Å². The fourth-order valence-electron chi connectivity index (χ4n) is 3.27. The van der Waals surface area contributed by atoms with Gasteiger partial charge in [-0.15, -0.1) is 0 Å². The summed E-state index contributed by atoms with van der Waals surface area (Å²) in [4.78, 5) is 7.04. The van der Waals surface area contributed by atoms with Crippen molar-refractivity contribution in [2.45, 2.75) is 58.9 Å². The maximum atomic E-state index is 4.48. The Labute approximate surface area is 130 Å². The zero-order chi connectivity index (χ0) is 14.9.